The minimum Gasteiger partial charge on any atom is -0.497 e. The van der Waals surface area contributed by atoms with Crippen LogP contribution in [-0.4, -0.2) is 27.3 Å². The third-order valence-corrected chi connectivity index (χ3v) is 4.76. The molecule has 0 bridgehead atoms. The highest BCUT2D eigenvalue weighted by Gasteiger charge is 2.27. The van der Waals surface area contributed by atoms with E-state index in [2.05, 4.69) is 10.0 Å². The van der Waals surface area contributed by atoms with Crippen LogP contribution in [0.25, 0.3) is 0 Å². The number of sulfonamides is 1. The molecule has 0 aromatic heterocycles. The summed E-state index contributed by atoms with van der Waals surface area (Å²) in [5, 5.41) is 2.15. The van der Waals surface area contributed by atoms with Gasteiger partial charge >= 0.3 is 0 Å². The number of hydrogen-bond acceptors (Lipinski definition) is 5. The summed E-state index contributed by atoms with van der Waals surface area (Å²) >= 11 is 0. The highest BCUT2D eigenvalue weighted by atomic mass is 32.2. The van der Waals surface area contributed by atoms with Gasteiger partial charge in [-0.2, -0.15) is 0 Å². The average molecular weight is 332 g/mol. The van der Waals surface area contributed by atoms with Crippen LogP contribution in [0.5, 0.6) is 5.75 Å². The van der Waals surface area contributed by atoms with Gasteiger partial charge in [0.1, 0.15) is 5.75 Å². The number of rotatable bonds is 4. The molecule has 118 valence electrons. The molecule has 7 nitrogen and oxygen atoms in total. The Balaban J connectivity index is 1.90. The Morgan fingerprint density at radius 3 is 2.26 bits per heavy atom. The number of amides is 2. The summed E-state index contributed by atoms with van der Waals surface area (Å²) in [5.41, 5.74) is 0.566. The van der Waals surface area contributed by atoms with Crippen molar-refractivity contribution in [1.29, 1.82) is 0 Å². The molecule has 2 amide bonds. The van der Waals surface area contributed by atoms with Crippen molar-refractivity contribution in [2.45, 2.75) is 4.90 Å². The van der Waals surface area contributed by atoms with E-state index in [0.29, 0.717) is 5.75 Å². The summed E-state index contributed by atoms with van der Waals surface area (Å²) in [7, 11) is -2.32. The number of carbonyl (C=O) groups excluding carboxylic acids is 2. The Morgan fingerprint density at radius 1 is 0.957 bits per heavy atom. The first-order valence-corrected chi connectivity index (χ1v) is 8.05. The van der Waals surface area contributed by atoms with Crippen LogP contribution in [0, 0.1) is 0 Å². The van der Waals surface area contributed by atoms with Crippen molar-refractivity contribution in [2.75, 3.05) is 11.8 Å². The maximum atomic E-state index is 12.3. The molecular weight excluding hydrogens is 320 g/mol. The van der Waals surface area contributed by atoms with Crippen molar-refractivity contribution in [3.05, 3.63) is 53.6 Å². The number of ether oxygens (including phenoxy) is 1. The van der Waals surface area contributed by atoms with E-state index in [0.717, 1.165) is 0 Å². The van der Waals surface area contributed by atoms with Crippen LogP contribution in [-0.2, 0) is 10.0 Å². The molecule has 0 fully saturated rings. The molecular formula is C15H12N2O5S. The molecule has 0 saturated heterocycles. The van der Waals surface area contributed by atoms with Gasteiger partial charge in [0.05, 0.1) is 23.1 Å². The van der Waals surface area contributed by atoms with Crippen molar-refractivity contribution in [1.82, 2.24) is 5.32 Å². The van der Waals surface area contributed by atoms with Gasteiger partial charge in [-0.1, -0.05) is 0 Å². The Labute approximate surface area is 132 Å². The van der Waals surface area contributed by atoms with Crippen molar-refractivity contribution in [2.24, 2.45) is 0 Å². The first-order chi connectivity index (χ1) is 10.9. The molecule has 2 aromatic carbocycles. The van der Waals surface area contributed by atoms with Crippen LogP contribution in [0.3, 0.4) is 0 Å². The van der Waals surface area contributed by atoms with Crippen molar-refractivity contribution >= 4 is 27.5 Å². The van der Waals surface area contributed by atoms with E-state index < -0.39 is 21.8 Å². The van der Waals surface area contributed by atoms with Gasteiger partial charge in [-0.15, -0.1) is 0 Å². The molecule has 2 aromatic rings. The van der Waals surface area contributed by atoms with Crippen LogP contribution in [0.1, 0.15) is 20.7 Å². The van der Waals surface area contributed by atoms with Crippen LogP contribution < -0.4 is 14.8 Å². The Morgan fingerprint density at radius 2 is 1.61 bits per heavy atom. The highest BCUT2D eigenvalue weighted by Crippen LogP contribution is 2.23. The van der Waals surface area contributed by atoms with Gasteiger partial charge in [0.25, 0.3) is 21.8 Å². The molecule has 1 heterocycles. The predicted octanol–water partition coefficient (Wildman–Crippen LogP) is 1.38. The monoisotopic (exact) mass is 332 g/mol. The molecule has 23 heavy (non-hydrogen) atoms. The Hall–Kier alpha value is -2.87. The van der Waals surface area contributed by atoms with Crippen molar-refractivity contribution in [3.63, 3.8) is 0 Å². The van der Waals surface area contributed by atoms with Gasteiger partial charge in [-0.25, -0.2) is 8.42 Å². The minimum absolute atomic E-state index is 0.0549. The number of anilines is 1. The zero-order valence-electron chi connectivity index (χ0n) is 12.0. The molecule has 0 saturated carbocycles. The number of methoxy groups -OCH3 is 1. The maximum Gasteiger partial charge on any atom is 0.261 e. The first kappa shape index (κ1) is 15.0. The third kappa shape index (κ3) is 2.76. The molecule has 0 atom stereocenters. The number of hydrogen-bond donors (Lipinski definition) is 2. The average Bonchev–Trinajstić information content (AvgIpc) is 2.81. The topological polar surface area (TPSA) is 102 Å². The standard InChI is InChI=1S/C15H12N2O5S/c1-22-10-3-5-11(6-4-10)23(20,21)17-9-2-7-12-13(8-9)15(19)16-14(12)18/h2-8,17H,1H3,(H,16,18,19). The second-order valence-corrected chi connectivity index (χ2v) is 6.51. The van der Waals surface area contributed by atoms with Crippen LogP contribution in [0.15, 0.2) is 47.4 Å². The molecule has 1 aliphatic heterocycles. The fraction of sp³-hybridized carbons (Fsp3) is 0.0667. The highest BCUT2D eigenvalue weighted by molar-refractivity contribution is 7.92. The third-order valence-electron chi connectivity index (χ3n) is 3.36. The number of nitrogens with one attached hydrogen (secondary N) is 2. The fourth-order valence-electron chi connectivity index (χ4n) is 2.20. The molecule has 0 unspecified atom stereocenters. The van der Waals surface area contributed by atoms with E-state index >= 15 is 0 Å². The van der Waals surface area contributed by atoms with E-state index in [1.807, 2.05) is 0 Å². The summed E-state index contributed by atoms with van der Waals surface area (Å²) in [6.45, 7) is 0. The largest absolute Gasteiger partial charge is 0.497 e. The van der Waals surface area contributed by atoms with E-state index in [-0.39, 0.29) is 21.7 Å². The van der Waals surface area contributed by atoms with Gasteiger partial charge in [0.2, 0.25) is 0 Å². The molecule has 0 spiro atoms. The maximum absolute atomic E-state index is 12.3. The zero-order valence-corrected chi connectivity index (χ0v) is 12.8. The number of carbonyl (C=O) groups is 2. The molecule has 3 rings (SSSR count). The van der Waals surface area contributed by atoms with Gasteiger partial charge in [0.15, 0.2) is 0 Å². The molecule has 8 heteroatoms. The normalized spacial score (nSPS) is 13.4. The first-order valence-electron chi connectivity index (χ1n) is 6.57. The molecule has 1 aliphatic rings. The van der Waals surface area contributed by atoms with E-state index in [1.54, 1.807) is 0 Å². The summed E-state index contributed by atoms with van der Waals surface area (Å²) < 4.78 is 32.0. The summed E-state index contributed by atoms with van der Waals surface area (Å²) in [6, 6.07) is 10.0. The zero-order chi connectivity index (χ0) is 16.6. The van der Waals surface area contributed by atoms with Crippen molar-refractivity contribution in [3.8, 4) is 5.75 Å². The quantitative estimate of drug-likeness (QED) is 0.824. The lowest BCUT2D eigenvalue weighted by molar-refractivity contribution is 0.0879. The molecule has 2 N–H and O–H groups in total. The van der Waals surface area contributed by atoms with Gasteiger partial charge in [-0.05, 0) is 42.5 Å². The SMILES string of the molecule is COc1ccc(S(=O)(=O)Nc2ccc3c(c2)C(=O)NC3=O)cc1. The second-order valence-electron chi connectivity index (χ2n) is 4.82. The van der Waals surface area contributed by atoms with Gasteiger partial charge < -0.3 is 4.74 Å². The summed E-state index contributed by atoms with van der Waals surface area (Å²) in [5.74, 6) is -0.498. The smallest absolute Gasteiger partial charge is 0.261 e. The lowest BCUT2D eigenvalue weighted by Crippen LogP contribution is -2.19. The van der Waals surface area contributed by atoms with E-state index in [1.165, 1.54) is 49.6 Å². The van der Waals surface area contributed by atoms with Gasteiger partial charge in [0, 0.05) is 5.69 Å². The Kier molecular flexibility index (Phi) is 3.53. The predicted molar refractivity (Wildman–Crippen MR) is 82.0 cm³/mol. The summed E-state index contributed by atoms with van der Waals surface area (Å²) in [6.07, 6.45) is 0. The second kappa shape index (κ2) is 5.40. The van der Waals surface area contributed by atoms with E-state index in [9.17, 15) is 18.0 Å². The molecule has 0 aliphatic carbocycles. The van der Waals surface area contributed by atoms with E-state index in [4.69, 9.17) is 4.74 Å². The Bertz CT molecular complexity index is 904. The number of fused-ring (bicyclic) bond motifs is 1. The van der Waals surface area contributed by atoms with Crippen LogP contribution in [0.2, 0.25) is 0 Å². The lowest BCUT2D eigenvalue weighted by Gasteiger charge is -2.09. The van der Waals surface area contributed by atoms with Crippen molar-refractivity contribution < 1.29 is 22.7 Å². The number of benzene rings is 2. The minimum atomic E-state index is -3.81. The van der Waals surface area contributed by atoms with Gasteiger partial charge in [-0.3, -0.25) is 19.6 Å². The lowest BCUT2D eigenvalue weighted by atomic mass is 10.1. The van der Waals surface area contributed by atoms with Crippen LogP contribution >= 0.6 is 0 Å². The number of imide groups is 1. The molecule has 0 radical (unpaired) electrons. The van der Waals surface area contributed by atoms with Crippen LogP contribution in [0.4, 0.5) is 5.69 Å². The summed E-state index contributed by atoms with van der Waals surface area (Å²) in [4.78, 5) is 23.1. The fourth-order valence-corrected chi connectivity index (χ4v) is 3.25.